The number of amides is 1. The first-order valence-electron chi connectivity index (χ1n) is 8.56. The maximum Gasteiger partial charge on any atom is 0.267 e. The Morgan fingerprint density at radius 3 is 2.56 bits per heavy atom. The smallest absolute Gasteiger partial charge is 0.267 e. The zero-order valence-corrected chi connectivity index (χ0v) is 14.9. The molecule has 2 aromatic rings. The largest absolute Gasteiger partial charge is 0.350 e. The molecule has 1 aliphatic heterocycles. The van der Waals surface area contributed by atoms with Gasteiger partial charge in [0.1, 0.15) is 5.02 Å². The quantitative estimate of drug-likeness (QED) is 0.858. The van der Waals surface area contributed by atoms with Crippen LogP contribution in [0.2, 0.25) is 5.02 Å². The molecule has 1 amide bonds. The molecule has 4 nitrogen and oxygen atoms in total. The van der Waals surface area contributed by atoms with E-state index in [2.05, 4.69) is 41.5 Å². The number of carbonyl (C=O) groups excluding carboxylic acids is 1. The fourth-order valence-electron chi connectivity index (χ4n) is 3.06. The van der Waals surface area contributed by atoms with Gasteiger partial charge >= 0.3 is 0 Å². The van der Waals surface area contributed by atoms with Gasteiger partial charge in [0.2, 0.25) is 5.91 Å². The first kappa shape index (κ1) is 17.5. The lowest BCUT2D eigenvalue weighted by Crippen LogP contribution is -2.23. The van der Waals surface area contributed by atoms with Crippen LogP contribution in [-0.4, -0.2) is 16.9 Å². The fourth-order valence-corrected chi connectivity index (χ4v) is 3.17. The van der Waals surface area contributed by atoms with Gasteiger partial charge in [-0.2, -0.15) is 0 Å². The molecule has 1 saturated heterocycles. The number of hydrogen-bond acceptors (Lipinski definition) is 2. The van der Waals surface area contributed by atoms with Gasteiger partial charge in [-0.25, -0.2) is 0 Å². The highest BCUT2D eigenvalue weighted by Crippen LogP contribution is 2.25. The van der Waals surface area contributed by atoms with E-state index in [1.165, 1.54) is 5.56 Å². The number of carbonyl (C=O) groups is 1. The van der Waals surface area contributed by atoms with Gasteiger partial charge in [-0.3, -0.25) is 9.59 Å². The van der Waals surface area contributed by atoms with Crippen molar-refractivity contribution in [2.75, 3.05) is 0 Å². The fraction of sp³-hybridized carbons (Fsp3) is 0.300. The summed E-state index contributed by atoms with van der Waals surface area (Å²) in [4.78, 5) is 26.3. The van der Waals surface area contributed by atoms with E-state index in [-0.39, 0.29) is 22.5 Å². The van der Waals surface area contributed by atoms with E-state index in [1.807, 2.05) is 6.08 Å². The van der Waals surface area contributed by atoms with Crippen LogP contribution in [0.3, 0.4) is 0 Å². The van der Waals surface area contributed by atoms with Crippen molar-refractivity contribution in [3.8, 4) is 0 Å². The molecule has 1 aliphatic rings. The van der Waals surface area contributed by atoms with Crippen LogP contribution in [0.5, 0.6) is 0 Å². The normalized spacial score (nSPS) is 17.6. The molecule has 0 spiro atoms. The molecular weight excluding hydrogens is 336 g/mol. The van der Waals surface area contributed by atoms with Gasteiger partial charge in [0.25, 0.3) is 5.56 Å². The summed E-state index contributed by atoms with van der Waals surface area (Å²) in [5.41, 5.74) is 3.55. The topological polar surface area (TPSA) is 62.0 Å². The maximum absolute atomic E-state index is 11.9. The summed E-state index contributed by atoms with van der Waals surface area (Å²) in [6.45, 7) is 2.15. The molecule has 130 valence electrons. The minimum absolute atomic E-state index is 0.0306. The van der Waals surface area contributed by atoms with Crippen LogP contribution in [0.4, 0.5) is 0 Å². The molecule has 2 N–H and O–H groups in total. The number of pyridine rings is 1. The summed E-state index contributed by atoms with van der Waals surface area (Å²) in [5.74, 6) is 0.0588. The summed E-state index contributed by atoms with van der Waals surface area (Å²) < 4.78 is 0. The summed E-state index contributed by atoms with van der Waals surface area (Å²) >= 11 is 5.86. The minimum atomic E-state index is -0.317. The summed E-state index contributed by atoms with van der Waals surface area (Å²) in [6.07, 6.45) is 5.43. The van der Waals surface area contributed by atoms with Crippen LogP contribution in [0, 0.1) is 0 Å². The minimum Gasteiger partial charge on any atom is -0.350 e. The first-order valence-corrected chi connectivity index (χ1v) is 8.94. The number of H-pyrrole nitrogens is 1. The molecule has 0 unspecified atom stereocenters. The van der Waals surface area contributed by atoms with E-state index in [0.29, 0.717) is 12.1 Å². The number of aromatic nitrogens is 1. The Balaban J connectivity index is 2.01. The van der Waals surface area contributed by atoms with Crippen LogP contribution < -0.4 is 10.9 Å². The Bertz CT molecular complexity index is 853. The Hall–Kier alpha value is -2.33. The number of hydrogen-bond donors (Lipinski definition) is 2. The molecule has 1 aromatic carbocycles. The standard InChI is InChI=1S/C20H21ClN2O2/c1-2-3-13-4-6-14(7-5-13)16(12-15-8-11-19(24)22-15)18-10-9-17(21)20(25)23-18/h4-7,9-10,12,15H,2-3,8,11H2,1H3,(H,22,24)(H,23,25)/t15-/m1/s1. The average molecular weight is 357 g/mol. The predicted octanol–water partition coefficient (Wildman–Crippen LogP) is 3.69. The lowest BCUT2D eigenvalue weighted by Gasteiger charge is -2.13. The van der Waals surface area contributed by atoms with Crippen molar-refractivity contribution in [2.24, 2.45) is 0 Å². The van der Waals surface area contributed by atoms with Gasteiger partial charge in [0.15, 0.2) is 0 Å². The molecule has 0 saturated carbocycles. The van der Waals surface area contributed by atoms with Crippen LogP contribution in [0.15, 0.2) is 47.3 Å². The number of halogens is 1. The third-order valence-corrected chi connectivity index (χ3v) is 4.65. The van der Waals surface area contributed by atoms with E-state index < -0.39 is 0 Å². The Kier molecular flexibility index (Phi) is 5.39. The third-order valence-electron chi connectivity index (χ3n) is 4.35. The van der Waals surface area contributed by atoms with Crippen molar-refractivity contribution < 1.29 is 4.79 Å². The lowest BCUT2D eigenvalue weighted by atomic mass is 9.97. The highest BCUT2D eigenvalue weighted by atomic mass is 35.5. The Morgan fingerprint density at radius 1 is 1.20 bits per heavy atom. The number of aryl methyl sites for hydroxylation is 1. The number of benzene rings is 1. The second kappa shape index (κ2) is 7.70. The molecule has 2 heterocycles. The summed E-state index contributed by atoms with van der Waals surface area (Å²) in [6, 6.07) is 11.7. The highest BCUT2D eigenvalue weighted by Gasteiger charge is 2.20. The number of aromatic amines is 1. The number of nitrogens with one attached hydrogen (secondary N) is 2. The van der Waals surface area contributed by atoms with E-state index in [1.54, 1.807) is 12.1 Å². The maximum atomic E-state index is 11.9. The van der Waals surface area contributed by atoms with E-state index in [4.69, 9.17) is 11.6 Å². The van der Waals surface area contributed by atoms with Crippen molar-refractivity contribution in [1.29, 1.82) is 0 Å². The second-order valence-corrected chi connectivity index (χ2v) is 6.70. The van der Waals surface area contributed by atoms with E-state index >= 15 is 0 Å². The van der Waals surface area contributed by atoms with Gasteiger partial charge in [-0.15, -0.1) is 0 Å². The molecule has 25 heavy (non-hydrogen) atoms. The number of rotatable bonds is 5. The summed E-state index contributed by atoms with van der Waals surface area (Å²) in [5, 5.41) is 3.11. The Morgan fingerprint density at radius 2 is 1.96 bits per heavy atom. The van der Waals surface area contributed by atoms with E-state index in [9.17, 15) is 9.59 Å². The molecule has 1 fully saturated rings. The highest BCUT2D eigenvalue weighted by molar-refractivity contribution is 6.30. The van der Waals surface area contributed by atoms with Crippen LogP contribution in [0.1, 0.15) is 43.0 Å². The molecule has 0 radical (unpaired) electrons. The van der Waals surface area contributed by atoms with Crippen molar-refractivity contribution in [1.82, 2.24) is 10.3 Å². The molecule has 0 bridgehead atoms. The van der Waals surface area contributed by atoms with Crippen LogP contribution in [-0.2, 0) is 11.2 Å². The summed E-state index contributed by atoms with van der Waals surface area (Å²) in [7, 11) is 0. The van der Waals surface area contributed by atoms with Crippen LogP contribution >= 0.6 is 11.6 Å². The van der Waals surface area contributed by atoms with E-state index in [0.717, 1.165) is 30.4 Å². The van der Waals surface area contributed by atoms with Crippen molar-refractivity contribution in [3.63, 3.8) is 0 Å². The molecule has 1 aromatic heterocycles. The van der Waals surface area contributed by atoms with Crippen LogP contribution in [0.25, 0.3) is 5.57 Å². The SMILES string of the molecule is CCCc1ccc(C(=C[C@H]2CCC(=O)N2)c2ccc(Cl)c(=O)[nH]2)cc1. The lowest BCUT2D eigenvalue weighted by molar-refractivity contribution is -0.119. The average Bonchev–Trinajstić information content (AvgIpc) is 3.02. The van der Waals surface area contributed by atoms with Gasteiger partial charge in [0, 0.05) is 23.7 Å². The molecule has 3 rings (SSSR count). The monoisotopic (exact) mass is 356 g/mol. The van der Waals surface area contributed by atoms with Gasteiger partial charge < -0.3 is 10.3 Å². The first-order chi connectivity index (χ1) is 12.1. The predicted molar refractivity (Wildman–Crippen MR) is 101 cm³/mol. The molecule has 1 atom stereocenters. The van der Waals surface area contributed by atoms with Crippen molar-refractivity contribution >= 4 is 23.1 Å². The zero-order chi connectivity index (χ0) is 17.8. The van der Waals surface area contributed by atoms with Gasteiger partial charge in [-0.1, -0.05) is 55.3 Å². The van der Waals surface area contributed by atoms with Crippen molar-refractivity contribution in [2.45, 2.75) is 38.6 Å². The third kappa shape index (κ3) is 4.20. The Labute approximate surface area is 151 Å². The molecule has 5 heteroatoms. The zero-order valence-electron chi connectivity index (χ0n) is 14.1. The molecular formula is C20H21ClN2O2. The van der Waals surface area contributed by atoms with Crippen molar-refractivity contribution in [3.05, 3.63) is 74.7 Å². The van der Waals surface area contributed by atoms with Gasteiger partial charge in [0.05, 0.1) is 0 Å². The second-order valence-electron chi connectivity index (χ2n) is 6.29. The van der Waals surface area contributed by atoms with Gasteiger partial charge in [-0.05, 0) is 36.1 Å². The molecule has 0 aliphatic carbocycles.